The van der Waals surface area contributed by atoms with Crippen molar-refractivity contribution < 1.29 is 9.13 Å². The van der Waals surface area contributed by atoms with Crippen LogP contribution in [0.3, 0.4) is 0 Å². The molecule has 2 aromatic rings. The van der Waals surface area contributed by atoms with E-state index in [0.717, 1.165) is 21.3 Å². The van der Waals surface area contributed by atoms with Gasteiger partial charge in [-0.05, 0) is 54.9 Å². The van der Waals surface area contributed by atoms with E-state index in [1.54, 1.807) is 13.2 Å². The van der Waals surface area contributed by atoms with Gasteiger partial charge in [-0.25, -0.2) is 4.39 Å². The highest BCUT2D eigenvalue weighted by Crippen LogP contribution is 2.24. The number of likely N-dealkylation sites (N-methyl/N-ethyl adjacent to an activating group) is 1. The molecular weight excluding hydrogens is 321 g/mol. The van der Waals surface area contributed by atoms with Crippen LogP contribution in [0.5, 0.6) is 5.75 Å². The number of halogens is 2. The fourth-order valence-corrected chi connectivity index (χ4v) is 2.72. The Morgan fingerprint density at radius 2 is 2.05 bits per heavy atom. The van der Waals surface area contributed by atoms with Crippen molar-refractivity contribution in [2.24, 2.45) is 0 Å². The molecule has 20 heavy (non-hydrogen) atoms. The lowest BCUT2D eigenvalue weighted by Gasteiger charge is -2.18. The standard InChI is InChI=1S/C16H17BrFNO/c1-19-16(12-4-3-5-15(9-12)20-2)8-11-6-13(17)10-14(18)7-11/h3-7,9-10,16,19H,8H2,1-2H3. The van der Waals surface area contributed by atoms with Crippen LogP contribution in [0.15, 0.2) is 46.9 Å². The lowest BCUT2D eigenvalue weighted by atomic mass is 9.99. The van der Waals surface area contributed by atoms with Gasteiger partial charge >= 0.3 is 0 Å². The number of hydrogen-bond acceptors (Lipinski definition) is 2. The first-order valence-electron chi connectivity index (χ1n) is 6.38. The SMILES string of the molecule is CNC(Cc1cc(F)cc(Br)c1)c1cccc(OC)c1. The molecule has 0 radical (unpaired) electrons. The van der Waals surface area contributed by atoms with Crippen molar-refractivity contribution in [1.29, 1.82) is 0 Å². The minimum Gasteiger partial charge on any atom is -0.497 e. The molecule has 0 aliphatic heterocycles. The fourth-order valence-electron chi connectivity index (χ4n) is 2.21. The molecule has 0 aliphatic rings. The summed E-state index contributed by atoms with van der Waals surface area (Å²) in [5, 5.41) is 3.26. The summed E-state index contributed by atoms with van der Waals surface area (Å²) in [6.07, 6.45) is 0.708. The van der Waals surface area contributed by atoms with E-state index >= 15 is 0 Å². The van der Waals surface area contributed by atoms with Crippen LogP contribution in [0.25, 0.3) is 0 Å². The second-order valence-electron chi connectivity index (χ2n) is 4.60. The van der Waals surface area contributed by atoms with Crippen LogP contribution >= 0.6 is 15.9 Å². The van der Waals surface area contributed by atoms with Crippen molar-refractivity contribution in [1.82, 2.24) is 5.32 Å². The molecule has 0 aliphatic carbocycles. The zero-order chi connectivity index (χ0) is 14.5. The van der Waals surface area contributed by atoms with E-state index in [-0.39, 0.29) is 11.9 Å². The van der Waals surface area contributed by atoms with Gasteiger partial charge in [0.1, 0.15) is 11.6 Å². The van der Waals surface area contributed by atoms with E-state index < -0.39 is 0 Å². The Hall–Kier alpha value is -1.39. The molecule has 106 valence electrons. The van der Waals surface area contributed by atoms with E-state index in [4.69, 9.17) is 4.74 Å². The van der Waals surface area contributed by atoms with E-state index in [1.165, 1.54) is 6.07 Å². The molecule has 1 unspecified atom stereocenters. The van der Waals surface area contributed by atoms with Gasteiger partial charge < -0.3 is 10.1 Å². The Labute approximate surface area is 127 Å². The Morgan fingerprint density at radius 3 is 2.70 bits per heavy atom. The zero-order valence-corrected chi connectivity index (χ0v) is 13.1. The Bertz CT molecular complexity index is 568. The van der Waals surface area contributed by atoms with Gasteiger partial charge in [-0.3, -0.25) is 0 Å². The molecule has 2 rings (SSSR count). The summed E-state index contributed by atoms with van der Waals surface area (Å²) >= 11 is 3.32. The number of methoxy groups -OCH3 is 1. The molecule has 0 spiro atoms. The summed E-state index contributed by atoms with van der Waals surface area (Å²) in [5.74, 6) is 0.595. The van der Waals surface area contributed by atoms with Gasteiger partial charge in [0.15, 0.2) is 0 Å². The lowest BCUT2D eigenvalue weighted by molar-refractivity contribution is 0.413. The third kappa shape index (κ3) is 3.81. The third-order valence-corrected chi connectivity index (χ3v) is 3.66. The van der Waals surface area contributed by atoms with Crippen LogP contribution in [-0.4, -0.2) is 14.2 Å². The Kier molecular flexibility index (Phi) is 5.15. The van der Waals surface area contributed by atoms with Gasteiger partial charge in [-0.1, -0.05) is 28.1 Å². The van der Waals surface area contributed by atoms with Crippen LogP contribution in [-0.2, 0) is 6.42 Å². The first kappa shape index (κ1) is 15.0. The minimum absolute atomic E-state index is 0.110. The maximum absolute atomic E-state index is 13.4. The maximum Gasteiger partial charge on any atom is 0.124 e. The van der Waals surface area contributed by atoms with Crippen LogP contribution in [0.1, 0.15) is 17.2 Å². The smallest absolute Gasteiger partial charge is 0.124 e. The maximum atomic E-state index is 13.4. The molecule has 4 heteroatoms. The van der Waals surface area contributed by atoms with Gasteiger partial charge in [0.25, 0.3) is 0 Å². The van der Waals surface area contributed by atoms with E-state index in [2.05, 4.69) is 21.2 Å². The average molecular weight is 338 g/mol. The van der Waals surface area contributed by atoms with Gasteiger partial charge in [0.2, 0.25) is 0 Å². The predicted molar refractivity (Wildman–Crippen MR) is 82.6 cm³/mol. The molecule has 0 aromatic heterocycles. The lowest BCUT2D eigenvalue weighted by Crippen LogP contribution is -2.19. The fraction of sp³-hybridized carbons (Fsp3) is 0.250. The van der Waals surface area contributed by atoms with E-state index in [1.807, 2.05) is 37.4 Å². The molecule has 1 atom stereocenters. The topological polar surface area (TPSA) is 21.3 Å². The molecule has 0 heterocycles. The van der Waals surface area contributed by atoms with Crippen molar-refractivity contribution in [2.45, 2.75) is 12.5 Å². The second-order valence-corrected chi connectivity index (χ2v) is 5.52. The van der Waals surface area contributed by atoms with E-state index in [0.29, 0.717) is 6.42 Å². The molecule has 0 saturated carbocycles. The van der Waals surface area contributed by atoms with Crippen LogP contribution < -0.4 is 10.1 Å². The number of ether oxygens (including phenoxy) is 1. The van der Waals surface area contributed by atoms with Crippen LogP contribution in [0, 0.1) is 5.82 Å². The number of hydrogen-bond donors (Lipinski definition) is 1. The third-order valence-electron chi connectivity index (χ3n) is 3.21. The molecule has 0 bridgehead atoms. The van der Waals surface area contributed by atoms with Crippen LogP contribution in [0.2, 0.25) is 0 Å². The summed E-state index contributed by atoms with van der Waals surface area (Å²) < 4.78 is 19.4. The summed E-state index contributed by atoms with van der Waals surface area (Å²) in [5.41, 5.74) is 2.06. The molecule has 0 amide bonds. The minimum atomic E-state index is -0.227. The molecule has 2 nitrogen and oxygen atoms in total. The first-order chi connectivity index (χ1) is 9.62. The molecular formula is C16H17BrFNO. The summed E-state index contributed by atoms with van der Waals surface area (Å²) in [7, 11) is 3.55. The molecule has 2 aromatic carbocycles. The highest BCUT2D eigenvalue weighted by molar-refractivity contribution is 9.10. The highest BCUT2D eigenvalue weighted by atomic mass is 79.9. The van der Waals surface area contributed by atoms with Crippen molar-refractivity contribution in [2.75, 3.05) is 14.2 Å². The molecule has 0 fully saturated rings. The van der Waals surface area contributed by atoms with Gasteiger partial charge in [-0.15, -0.1) is 0 Å². The number of nitrogens with one attached hydrogen (secondary N) is 1. The first-order valence-corrected chi connectivity index (χ1v) is 7.18. The second kappa shape index (κ2) is 6.86. The Morgan fingerprint density at radius 1 is 1.25 bits per heavy atom. The van der Waals surface area contributed by atoms with Crippen molar-refractivity contribution in [3.05, 3.63) is 63.9 Å². The van der Waals surface area contributed by atoms with Crippen molar-refractivity contribution >= 4 is 15.9 Å². The van der Waals surface area contributed by atoms with Crippen molar-refractivity contribution in [3.63, 3.8) is 0 Å². The zero-order valence-electron chi connectivity index (χ0n) is 11.5. The quantitative estimate of drug-likeness (QED) is 0.886. The highest BCUT2D eigenvalue weighted by Gasteiger charge is 2.12. The number of benzene rings is 2. The van der Waals surface area contributed by atoms with E-state index in [9.17, 15) is 4.39 Å². The largest absolute Gasteiger partial charge is 0.497 e. The predicted octanol–water partition coefficient (Wildman–Crippen LogP) is 4.10. The molecule has 0 saturated heterocycles. The average Bonchev–Trinajstić information content (AvgIpc) is 2.44. The van der Waals surface area contributed by atoms with Gasteiger partial charge in [-0.2, -0.15) is 0 Å². The normalized spacial score (nSPS) is 12.2. The summed E-state index contributed by atoms with van der Waals surface area (Å²) in [4.78, 5) is 0. The molecule has 1 N–H and O–H groups in total. The Balaban J connectivity index is 2.23. The van der Waals surface area contributed by atoms with Gasteiger partial charge in [0, 0.05) is 10.5 Å². The van der Waals surface area contributed by atoms with Crippen LogP contribution in [0.4, 0.5) is 4.39 Å². The summed E-state index contributed by atoms with van der Waals surface area (Å²) in [6.45, 7) is 0. The monoisotopic (exact) mass is 337 g/mol. The number of rotatable bonds is 5. The van der Waals surface area contributed by atoms with Crippen molar-refractivity contribution in [3.8, 4) is 5.75 Å². The van der Waals surface area contributed by atoms with Gasteiger partial charge in [0.05, 0.1) is 7.11 Å². The summed E-state index contributed by atoms with van der Waals surface area (Å²) in [6, 6.07) is 13.0.